The molecule has 3 rings (SSSR count). The molecule has 0 bridgehead atoms. The first kappa shape index (κ1) is 14.0. The Kier molecular flexibility index (Phi) is 4.45. The van der Waals surface area contributed by atoms with Crippen molar-refractivity contribution >= 4 is 23.2 Å². The van der Waals surface area contributed by atoms with Gasteiger partial charge in [-0.3, -0.25) is 4.79 Å². The van der Waals surface area contributed by atoms with Crippen molar-refractivity contribution in [3.8, 4) is 0 Å². The third-order valence-corrected chi connectivity index (χ3v) is 4.46. The molecule has 1 fully saturated rings. The molecule has 1 amide bonds. The summed E-state index contributed by atoms with van der Waals surface area (Å²) in [7, 11) is 0. The quantitative estimate of drug-likeness (QED) is 0.919. The monoisotopic (exact) mass is 302 g/mol. The maximum absolute atomic E-state index is 12.0. The van der Waals surface area contributed by atoms with Gasteiger partial charge in [-0.2, -0.15) is 0 Å². The van der Waals surface area contributed by atoms with Gasteiger partial charge in [0.05, 0.1) is 5.56 Å². The zero-order chi connectivity index (χ0) is 14.5. The molecule has 0 aromatic carbocycles. The van der Waals surface area contributed by atoms with Gasteiger partial charge in [-0.15, -0.1) is 11.3 Å². The Labute approximate surface area is 128 Å². The molecule has 1 N–H and O–H groups in total. The standard InChI is InChI=1S/C15H18N4OS/c20-14(16-6-5-13-4-3-9-21-13)12-10-17-15(18-11-12)19-7-1-2-8-19/h3-4,9-11H,1-2,5-8H2,(H,16,20). The Balaban J connectivity index is 1.52. The topological polar surface area (TPSA) is 58.1 Å². The van der Waals surface area contributed by atoms with Crippen LogP contribution in [0.5, 0.6) is 0 Å². The summed E-state index contributed by atoms with van der Waals surface area (Å²) in [6.45, 7) is 2.64. The molecular formula is C15H18N4OS. The second-order valence-electron chi connectivity index (χ2n) is 5.05. The van der Waals surface area contributed by atoms with Crippen molar-refractivity contribution in [2.75, 3.05) is 24.5 Å². The van der Waals surface area contributed by atoms with Gasteiger partial charge >= 0.3 is 0 Å². The van der Waals surface area contributed by atoms with E-state index in [2.05, 4.69) is 26.3 Å². The van der Waals surface area contributed by atoms with Crippen LogP contribution in [0.3, 0.4) is 0 Å². The Bertz CT molecular complexity index is 576. The lowest BCUT2D eigenvalue weighted by Gasteiger charge is -2.14. The number of amides is 1. The summed E-state index contributed by atoms with van der Waals surface area (Å²) in [6.07, 6.45) is 6.46. The fourth-order valence-corrected chi connectivity index (χ4v) is 3.08. The first-order chi connectivity index (χ1) is 10.3. The highest BCUT2D eigenvalue weighted by Crippen LogP contribution is 2.14. The van der Waals surface area contributed by atoms with Crippen molar-refractivity contribution in [1.29, 1.82) is 0 Å². The van der Waals surface area contributed by atoms with Crippen LogP contribution < -0.4 is 10.2 Å². The van der Waals surface area contributed by atoms with E-state index >= 15 is 0 Å². The third-order valence-electron chi connectivity index (χ3n) is 3.53. The van der Waals surface area contributed by atoms with Crippen molar-refractivity contribution in [1.82, 2.24) is 15.3 Å². The van der Waals surface area contributed by atoms with E-state index in [1.165, 1.54) is 17.7 Å². The lowest BCUT2D eigenvalue weighted by atomic mass is 10.3. The average molecular weight is 302 g/mol. The predicted molar refractivity (Wildman–Crippen MR) is 83.8 cm³/mol. The Morgan fingerprint density at radius 1 is 1.29 bits per heavy atom. The van der Waals surface area contributed by atoms with Gasteiger partial charge in [0.1, 0.15) is 0 Å². The summed E-state index contributed by atoms with van der Waals surface area (Å²) in [4.78, 5) is 24.0. The Morgan fingerprint density at radius 2 is 2.05 bits per heavy atom. The highest BCUT2D eigenvalue weighted by molar-refractivity contribution is 7.09. The molecule has 2 aromatic rings. The van der Waals surface area contributed by atoms with Gasteiger partial charge in [-0.25, -0.2) is 9.97 Å². The van der Waals surface area contributed by atoms with Crippen LogP contribution >= 0.6 is 11.3 Å². The van der Waals surface area contributed by atoms with Gasteiger partial charge in [0.15, 0.2) is 0 Å². The molecule has 0 aliphatic carbocycles. The Hall–Kier alpha value is -1.95. The second-order valence-corrected chi connectivity index (χ2v) is 6.08. The van der Waals surface area contributed by atoms with Gasteiger partial charge in [0, 0.05) is 36.9 Å². The number of thiophene rings is 1. The summed E-state index contributed by atoms with van der Waals surface area (Å²) in [6, 6.07) is 4.09. The molecule has 0 radical (unpaired) electrons. The number of hydrogen-bond donors (Lipinski definition) is 1. The summed E-state index contributed by atoms with van der Waals surface area (Å²) >= 11 is 1.70. The summed E-state index contributed by atoms with van der Waals surface area (Å²) in [5.74, 6) is 0.613. The largest absolute Gasteiger partial charge is 0.352 e. The van der Waals surface area contributed by atoms with E-state index in [1.807, 2.05) is 11.4 Å². The number of hydrogen-bond acceptors (Lipinski definition) is 5. The maximum atomic E-state index is 12.0. The van der Waals surface area contributed by atoms with Crippen LogP contribution in [-0.4, -0.2) is 35.5 Å². The van der Waals surface area contributed by atoms with Crippen LogP contribution in [0, 0.1) is 0 Å². The molecule has 110 valence electrons. The summed E-state index contributed by atoms with van der Waals surface area (Å²) in [5.41, 5.74) is 0.518. The number of rotatable bonds is 5. The number of anilines is 1. The van der Waals surface area contributed by atoms with Crippen LogP contribution in [0.15, 0.2) is 29.9 Å². The number of nitrogens with zero attached hydrogens (tertiary/aromatic N) is 3. The Morgan fingerprint density at radius 3 is 2.71 bits per heavy atom. The highest BCUT2D eigenvalue weighted by Gasteiger charge is 2.15. The van der Waals surface area contributed by atoms with Crippen molar-refractivity contribution in [2.24, 2.45) is 0 Å². The fraction of sp³-hybridized carbons (Fsp3) is 0.400. The maximum Gasteiger partial charge on any atom is 0.254 e. The summed E-state index contributed by atoms with van der Waals surface area (Å²) < 4.78 is 0. The fourth-order valence-electron chi connectivity index (χ4n) is 2.38. The van der Waals surface area contributed by atoms with E-state index in [4.69, 9.17) is 0 Å². The van der Waals surface area contributed by atoms with Gasteiger partial charge in [0.2, 0.25) is 5.95 Å². The molecule has 0 spiro atoms. The molecule has 0 atom stereocenters. The van der Waals surface area contributed by atoms with E-state index in [0.29, 0.717) is 12.1 Å². The second kappa shape index (κ2) is 6.67. The lowest BCUT2D eigenvalue weighted by Crippen LogP contribution is -2.26. The van der Waals surface area contributed by atoms with Gasteiger partial charge in [-0.05, 0) is 30.7 Å². The molecule has 5 nitrogen and oxygen atoms in total. The zero-order valence-electron chi connectivity index (χ0n) is 11.8. The number of carbonyl (C=O) groups is 1. The zero-order valence-corrected chi connectivity index (χ0v) is 12.6. The molecule has 1 saturated heterocycles. The third kappa shape index (κ3) is 3.58. The van der Waals surface area contributed by atoms with Crippen molar-refractivity contribution in [3.05, 3.63) is 40.3 Å². The molecule has 21 heavy (non-hydrogen) atoms. The van der Waals surface area contributed by atoms with E-state index < -0.39 is 0 Å². The number of nitrogens with one attached hydrogen (secondary N) is 1. The highest BCUT2D eigenvalue weighted by atomic mass is 32.1. The minimum absolute atomic E-state index is 0.112. The average Bonchev–Trinajstić information content (AvgIpc) is 3.21. The van der Waals surface area contributed by atoms with E-state index in [0.717, 1.165) is 25.5 Å². The van der Waals surface area contributed by atoms with E-state index in [-0.39, 0.29) is 5.91 Å². The first-order valence-electron chi connectivity index (χ1n) is 7.20. The van der Waals surface area contributed by atoms with Gasteiger partial charge in [-0.1, -0.05) is 6.07 Å². The number of carbonyl (C=O) groups excluding carboxylic acids is 1. The SMILES string of the molecule is O=C(NCCc1cccs1)c1cnc(N2CCCC2)nc1. The minimum atomic E-state index is -0.112. The normalized spacial score (nSPS) is 14.4. The van der Waals surface area contributed by atoms with Crippen LogP contribution in [0.1, 0.15) is 28.1 Å². The first-order valence-corrected chi connectivity index (χ1v) is 8.08. The van der Waals surface area contributed by atoms with Gasteiger partial charge in [0.25, 0.3) is 5.91 Å². The molecule has 3 heterocycles. The molecule has 1 aliphatic rings. The predicted octanol–water partition coefficient (Wildman–Crippen LogP) is 2.11. The van der Waals surface area contributed by atoms with Crippen LogP contribution in [-0.2, 0) is 6.42 Å². The number of aromatic nitrogens is 2. The molecule has 1 aliphatic heterocycles. The molecule has 6 heteroatoms. The van der Waals surface area contributed by atoms with Crippen molar-refractivity contribution in [3.63, 3.8) is 0 Å². The molecule has 2 aromatic heterocycles. The smallest absolute Gasteiger partial charge is 0.254 e. The molecule has 0 saturated carbocycles. The van der Waals surface area contributed by atoms with E-state index in [1.54, 1.807) is 23.7 Å². The molecular weight excluding hydrogens is 284 g/mol. The lowest BCUT2D eigenvalue weighted by molar-refractivity contribution is 0.0953. The molecule has 0 unspecified atom stereocenters. The van der Waals surface area contributed by atoms with Crippen LogP contribution in [0.25, 0.3) is 0 Å². The minimum Gasteiger partial charge on any atom is -0.352 e. The van der Waals surface area contributed by atoms with Gasteiger partial charge < -0.3 is 10.2 Å². The van der Waals surface area contributed by atoms with Crippen LogP contribution in [0.4, 0.5) is 5.95 Å². The summed E-state index contributed by atoms with van der Waals surface area (Å²) in [5, 5.41) is 4.94. The van der Waals surface area contributed by atoms with Crippen molar-refractivity contribution in [2.45, 2.75) is 19.3 Å². The van der Waals surface area contributed by atoms with Crippen molar-refractivity contribution < 1.29 is 4.79 Å². The van der Waals surface area contributed by atoms with Crippen LogP contribution in [0.2, 0.25) is 0 Å². The van der Waals surface area contributed by atoms with E-state index in [9.17, 15) is 4.79 Å².